The second-order valence-electron chi connectivity index (χ2n) is 4.78. The molecular formula is C12H19N3OS. The zero-order valence-corrected chi connectivity index (χ0v) is 11.4. The van der Waals surface area contributed by atoms with Gasteiger partial charge < -0.3 is 10.2 Å². The number of hydrogen-bond donors (Lipinski definition) is 1. The van der Waals surface area contributed by atoms with E-state index in [4.69, 9.17) is 0 Å². The van der Waals surface area contributed by atoms with Crippen LogP contribution in [0.15, 0.2) is 5.51 Å². The van der Waals surface area contributed by atoms with Gasteiger partial charge in [0.2, 0.25) is 5.91 Å². The van der Waals surface area contributed by atoms with Crippen LogP contribution < -0.4 is 5.32 Å². The molecule has 0 bridgehead atoms. The van der Waals surface area contributed by atoms with Gasteiger partial charge >= 0.3 is 0 Å². The summed E-state index contributed by atoms with van der Waals surface area (Å²) in [5.41, 5.74) is 2.89. The molecule has 1 aromatic rings. The molecule has 1 aliphatic heterocycles. The number of aromatic nitrogens is 1. The van der Waals surface area contributed by atoms with Gasteiger partial charge in [-0.05, 0) is 13.3 Å². The van der Waals surface area contributed by atoms with Crippen molar-refractivity contribution in [2.75, 3.05) is 6.54 Å². The Labute approximate surface area is 106 Å². The van der Waals surface area contributed by atoms with Crippen molar-refractivity contribution in [2.45, 2.75) is 45.8 Å². The minimum absolute atomic E-state index is 0.00299. The lowest BCUT2D eigenvalue weighted by Crippen LogP contribution is -2.41. The summed E-state index contributed by atoms with van der Waals surface area (Å²) in [6, 6.07) is 0.359. The van der Waals surface area contributed by atoms with Gasteiger partial charge in [-0.3, -0.25) is 4.79 Å². The van der Waals surface area contributed by atoms with Crippen LogP contribution in [0.2, 0.25) is 0 Å². The number of aryl methyl sites for hydroxylation is 1. The first kappa shape index (κ1) is 12.5. The van der Waals surface area contributed by atoms with Gasteiger partial charge in [-0.25, -0.2) is 4.98 Å². The van der Waals surface area contributed by atoms with Crippen LogP contribution in [0.4, 0.5) is 0 Å². The highest BCUT2D eigenvalue weighted by molar-refractivity contribution is 7.09. The molecule has 0 aliphatic carbocycles. The molecule has 1 amide bonds. The van der Waals surface area contributed by atoms with Gasteiger partial charge in [0, 0.05) is 17.5 Å². The maximum absolute atomic E-state index is 12.1. The van der Waals surface area contributed by atoms with Crippen molar-refractivity contribution in [1.82, 2.24) is 15.2 Å². The van der Waals surface area contributed by atoms with Crippen LogP contribution >= 0.6 is 11.3 Å². The topological polar surface area (TPSA) is 45.2 Å². The van der Waals surface area contributed by atoms with E-state index in [-0.39, 0.29) is 11.9 Å². The quantitative estimate of drug-likeness (QED) is 0.885. The van der Waals surface area contributed by atoms with Crippen molar-refractivity contribution in [3.05, 3.63) is 16.1 Å². The molecule has 0 spiro atoms. The molecule has 2 heterocycles. The Morgan fingerprint density at radius 3 is 3.00 bits per heavy atom. The van der Waals surface area contributed by atoms with Crippen LogP contribution in [0, 0.1) is 6.92 Å². The van der Waals surface area contributed by atoms with Crippen molar-refractivity contribution in [1.29, 1.82) is 0 Å². The summed E-state index contributed by atoms with van der Waals surface area (Å²) in [4.78, 5) is 19.5. The van der Waals surface area contributed by atoms with Gasteiger partial charge in [-0.2, -0.15) is 0 Å². The molecule has 0 saturated carbocycles. The largest absolute Gasteiger partial charge is 0.336 e. The van der Waals surface area contributed by atoms with Crippen LogP contribution in [0.1, 0.15) is 30.8 Å². The fraction of sp³-hybridized carbons (Fsp3) is 0.667. The Balaban J connectivity index is 1.96. The first-order valence-corrected chi connectivity index (χ1v) is 6.89. The predicted molar refractivity (Wildman–Crippen MR) is 68.9 cm³/mol. The minimum Gasteiger partial charge on any atom is -0.336 e. The monoisotopic (exact) mass is 253 g/mol. The zero-order chi connectivity index (χ0) is 12.4. The Morgan fingerprint density at radius 1 is 1.65 bits per heavy atom. The first-order chi connectivity index (χ1) is 8.08. The van der Waals surface area contributed by atoms with Crippen molar-refractivity contribution in [3.8, 4) is 0 Å². The van der Waals surface area contributed by atoms with Crippen molar-refractivity contribution < 1.29 is 4.79 Å². The van der Waals surface area contributed by atoms with Crippen molar-refractivity contribution >= 4 is 17.2 Å². The lowest BCUT2D eigenvalue weighted by atomic mass is 10.2. The standard InChI is InChI=1S/C12H19N3OS/c1-8(2)14-10-4-5-15(12(10)16)6-11-9(3)13-7-17-11/h7-8,10,14H,4-6H2,1-3H3. The molecule has 5 heteroatoms. The number of carbonyl (C=O) groups excluding carboxylic acids is 1. The number of rotatable bonds is 4. The van der Waals surface area contributed by atoms with E-state index in [2.05, 4.69) is 24.1 Å². The molecule has 1 saturated heterocycles. The first-order valence-electron chi connectivity index (χ1n) is 6.01. The van der Waals surface area contributed by atoms with E-state index < -0.39 is 0 Å². The van der Waals surface area contributed by atoms with Gasteiger partial charge in [0.25, 0.3) is 0 Å². The Bertz CT molecular complexity index is 402. The van der Waals surface area contributed by atoms with E-state index in [1.165, 1.54) is 4.88 Å². The average molecular weight is 253 g/mol. The van der Waals surface area contributed by atoms with E-state index >= 15 is 0 Å². The number of likely N-dealkylation sites (tertiary alicyclic amines) is 1. The summed E-state index contributed by atoms with van der Waals surface area (Å²) in [5, 5.41) is 3.31. The molecule has 1 aliphatic rings. The van der Waals surface area contributed by atoms with Gasteiger partial charge in [0.05, 0.1) is 23.8 Å². The number of nitrogens with one attached hydrogen (secondary N) is 1. The van der Waals surface area contributed by atoms with Crippen LogP contribution in [0.5, 0.6) is 0 Å². The highest BCUT2D eigenvalue weighted by Crippen LogP contribution is 2.19. The van der Waals surface area contributed by atoms with Crippen LogP contribution in [-0.4, -0.2) is 34.4 Å². The molecule has 1 fully saturated rings. The van der Waals surface area contributed by atoms with Crippen LogP contribution in [-0.2, 0) is 11.3 Å². The third-order valence-electron chi connectivity index (χ3n) is 3.01. The second-order valence-corrected chi connectivity index (χ2v) is 5.72. The third kappa shape index (κ3) is 2.84. The molecule has 1 unspecified atom stereocenters. The minimum atomic E-state index is 0.00299. The van der Waals surface area contributed by atoms with Crippen LogP contribution in [0.3, 0.4) is 0 Å². The molecule has 2 rings (SSSR count). The highest BCUT2D eigenvalue weighted by Gasteiger charge is 2.31. The van der Waals surface area contributed by atoms with E-state index in [0.29, 0.717) is 12.6 Å². The molecular weight excluding hydrogens is 234 g/mol. The van der Waals surface area contributed by atoms with Crippen molar-refractivity contribution in [3.63, 3.8) is 0 Å². The SMILES string of the molecule is Cc1ncsc1CN1CCC(NC(C)C)C1=O. The highest BCUT2D eigenvalue weighted by atomic mass is 32.1. The molecule has 17 heavy (non-hydrogen) atoms. The average Bonchev–Trinajstić information content (AvgIpc) is 2.79. The summed E-state index contributed by atoms with van der Waals surface area (Å²) in [5.74, 6) is 0.228. The number of amides is 1. The molecule has 1 atom stereocenters. The summed E-state index contributed by atoms with van der Waals surface area (Å²) >= 11 is 1.63. The molecule has 4 nitrogen and oxygen atoms in total. The summed E-state index contributed by atoms with van der Waals surface area (Å²) in [6.07, 6.45) is 0.912. The lowest BCUT2D eigenvalue weighted by Gasteiger charge is -2.17. The normalized spacial score (nSPS) is 20.6. The van der Waals surface area contributed by atoms with E-state index in [9.17, 15) is 4.79 Å². The molecule has 1 N–H and O–H groups in total. The molecule has 94 valence electrons. The van der Waals surface area contributed by atoms with Crippen molar-refractivity contribution in [2.24, 2.45) is 0 Å². The van der Waals surface area contributed by atoms with Gasteiger partial charge in [0.1, 0.15) is 0 Å². The van der Waals surface area contributed by atoms with Gasteiger partial charge in [-0.1, -0.05) is 13.8 Å². The summed E-state index contributed by atoms with van der Waals surface area (Å²) in [6.45, 7) is 7.70. The van der Waals surface area contributed by atoms with E-state index in [1.54, 1.807) is 11.3 Å². The fourth-order valence-corrected chi connectivity index (χ4v) is 2.90. The Kier molecular flexibility index (Phi) is 3.79. The maximum atomic E-state index is 12.1. The van der Waals surface area contributed by atoms with E-state index in [1.807, 2.05) is 17.3 Å². The molecule has 0 radical (unpaired) electrons. The number of thiazole rings is 1. The molecule has 0 aromatic carbocycles. The zero-order valence-electron chi connectivity index (χ0n) is 10.6. The maximum Gasteiger partial charge on any atom is 0.240 e. The number of carbonyl (C=O) groups is 1. The summed E-state index contributed by atoms with van der Waals surface area (Å²) in [7, 11) is 0. The number of hydrogen-bond acceptors (Lipinski definition) is 4. The second kappa shape index (κ2) is 5.14. The predicted octanol–water partition coefficient (Wildman–Crippen LogP) is 1.55. The number of nitrogens with zero attached hydrogens (tertiary/aromatic N) is 2. The smallest absolute Gasteiger partial charge is 0.240 e. The third-order valence-corrected chi connectivity index (χ3v) is 3.93. The lowest BCUT2D eigenvalue weighted by molar-refractivity contribution is -0.130. The Morgan fingerprint density at radius 2 is 2.41 bits per heavy atom. The van der Waals surface area contributed by atoms with Crippen LogP contribution in [0.25, 0.3) is 0 Å². The summed E-state index contributed by atoms with van der Waals surface area (Å²) < 4.78 is 0. The van der Waals surface area contributed by atoms with E-state index in [0.717, 1.165) is 18.7 Å². The van der Waals surface area contributed by atoms with Gasteiger partial charge in [0.15, 0.2) is 0 Å². The Hall–Kier alpha value is -0.940. The van der Waals surface area contributed by atoms with Gasteiger partial charge in [-0.15, -0.1) is 11.3 Å². The fourth-order valence-electron chi connectivity index (χ4n) is 2.10. The molecule has 1 aromatic heterocycles.